The Balaban J connectivity index is 2.52. The van der Waals surface area contributed by atoms with Crippen LogP contribution in [-0.4, -0.2) is 77.6 Å². The van der Waals surface area contributed by atoms with E-state index in [1.54, 1.807) is 19.0 Å². The molecule has 6 heteroatoms. The second kappa shape index (κ2) is 7.47. The van der Waals surface area contributed by atoms with Gasteiger partial charge in [0.15, 0.2) is 0 Å². The van der Waals surface area contributed by atoms with Crippen molar-refractivity contribution in [3.63, 3.8) is 0 Å². The van der Waals surface area contributed by atoms with Crippen LogP contribution in [0.15, 0.2) is 0 Å². The standard InChI is InChI=1S/C14H27N3O3/c1-11(2)17(10-7-13(18)19)12-5-8-16(9-6-12)14(20)15(3)4/h11-12H,5-10H2,1-4H3,(H,18,19). The van der Waals surface area contributed by atoms with Crippen LogP contribution in [0, 0.1) is 0 Å². The first-order valence-electron chi connectivity index (χ1n) is 7.26. The van der Waals surface area contributed by atoms with Crippen LogP contribution in [-0.2, 0) is 4.79 Å². The van der Waals surface area contributed by atoms with E-state index in [4.69, 9.17) is 5.11 Å². The summed E-state index contributed by atoms with van der Waals surface area (Å²) < 4.78 is 0. The maximum atomic E-state index is 11.9. The molecule has 20 heavy (non-hydrogen) atoms. The van der Waals surface area contributed by atoms with Crippen molar-refractivity contribution >= 4 is 12.0 Å². The van der Waals surface area contributed by atoms with Crippen molar-refractivity contribution in [2.75, 3.05) is 33.7 Å². The lowest BCUT2D eigenvalue weighted by Crippen LogP contribution is -2.51. The second-order valence-electron chi connectivity index (χ2n) is 5.87. The number of carbonyl (C=O) groups excluding carboxylic acids is 1. The van der Waals surface area contributed by atoms with Gasteiger partial charge in [-0.1, -0.05) is 0 Å². The summed E-state index contributed by atoms with van der Waals surface area (Å²) in [6.45, 7) is 6.27. The van der Waals surface area contributed by atoms with Gasteiger partial charge in [-0.2, -0.15) is 0 Å². The molecule has 0 aromatic heterocycles. The third-order valence-electron chi connectivity index (χ3n) is 3.83. The Hall–Kier alpha value is -1.30. The zero-order valence-corrected chi connectivity index (χ0v) is 13.0. The maximum absolute atomic E-state index is 11.9. The number of nitrogens with zero attached hydrogens (tertiary/aromatic N) is 3. The van der Waals surface area contributed by atoms with Gasteiger partial charge in [-0.15, -0.1) is 0 Å². The predicted molar refractivity (Wildman–Crippen MR) is 77.8 cm³/mol. The van der Waals surface area contributed by atoms with Gasteiger partial charge in [0.2, 0.25) is 0 Å². The summed E-state index contributed by atoms with van der Waals surface area (Å²) in [5, 5.41) is 8.83. The zero-order chi connectivity index (χ0) is 15.3. The van der Waals surface area contributed by atoms with Gasteiger partial charge in [0.1, 0.15) is 0 Å². The number of carboxylic acid groups (broad SMARTS) is 1. The third kappa shape index (κ3) is 4.67. The van der Waals surface area contributed by atoms with Crippen molar-refractivity contribution in [2.24, 2.45) is 0 Å². The number of hydrogen-bond donors (Lipinski definition) is 1. The lowest BCUT2D eigenvalue weighted by molar-refractivity contribution is -0.137. The number of carbonyl (C=O) groups is 2. The van der Waals surface area contributed by atoms with Crippen LogP contribution in [0.4, 0.5) is 4.79 Å². The average molecular weight is 285 g/mol. The highest BCUT2D eigenvalue weighted by atomic mass is 16.4. The maximum Gasteiger partial charge on any atom is 0.319 e. The molecule has 2 amide bonds. The first kappa shape index (κ1) is 16.8. The van der Waals surface area contributed by atoms with Gasteiger partial charge < -0.3 is 14.9 Å². The van der Waals surface area contributed by atoms with Crippen LogP contribution in [0.5, 0.6) is 0 Å². The minimum atomic E-state index is -0.754. The van der Waals surface area contributed by atoms with Gasteiger partial charge in [0, 0.05) is 45.8 Å². The van der Waals surface area contributed by atoms with E-state index in [-0.39, 0.29) is 12.5 Å². The number of urea groups is 1. The number of aliphatic carboxylic acids is 1. The molecule has 1 rings (SSSR count). The quantitative estimate of drug-likeness (QED) is 0.827. The normalized spacial score (nSPS) is 16.8. The monoisotopic (exact) mass is 285 g/mol. The first-order chi connectivity index (χ1) is 9.32. The Kier molecular flexibility index (Phi) is 6.26. The van der Waals surface area contributed by atoms with Gasteiger partial charge >= 0.3 is 12.0 Å². The fourth-order valence-corrected chi connectivity index (χ4v) is 2.76. The Bertz CT molecular complexity index is 337. The zero-order valence-electron chi connectivity index (χ0n) is 13.0. The van der Waals surface area contributed by atoms with Crippen LogP contribution < -0.4 is 0 Å². The average Bonchev–Trinajstić information content (AvgIpc) is 2.38. The van der Waals surface area contributed by atoms with Crippen molar-refractivity contribution in [3.8, 4) is 0 Å². The smallest absolute Gasteiger partial charge is 0.319 e. The van der Waals surface area contributed by atoms with E-state index in [0.717, 1.165) is 25.9 Å². The van der Waals surface area contributed by atoms with Crippen molar-refractivity contribution in [3.05, 3.63) is 0 Å². The van der Waals surface area contributed by atoms with Gasteiger partial charge in [0.05, 0.1) is 6.42 Å². The second-order valence-corrected chi connectivity index (χ2v) is 5.87. The molecule has 0 unspecified atom stereocenters. The summed E-state index contributed by atoms with van der Waals surface area (Å²) in [5.74, 6) is -0.754. The van der Waals surface area contributed by atoms with E-state index < -0.39 is 5.97 Å². The Morgan fingerprint density at radius 2 is 1.80 bits per heavy atom. The van der Waals surface area contributed by atoms with E-state index in [9.17, 15) is 9.59 Å². The van der Waals surface area contributed by atoms with Crippen molar-refractivity contribution in [1.29, 1.82) is 0 Å². The minimum absolute atomic E-state index is 0.0603. The molecule has 0 saturated carbocycles. The van der Waals surface area contributed by atoms with E-state index in [0.29, 0.717) is 18.6 Å². The molecule has 0 aromatic carbocycles. The molecule has 0 atom stereocenters. The lowest BCUT2D eigenvalue weighted by Gasteiger charge is -2.41. The molecule has 1 saturated heterocycles. The highest BCUT2D eigenvalue weighted by Crippen LogP contribution is 2.19. The predicted octanol–water partition coefficient (Wildman–Crippen LogP) is 1.32. The number of likely N-dealkylation sites (tertiary alicyclic amines) is 1. The summed E-state index contributed by atoms with van der Waals surface area (Å²) in [7, 11) is 3.53. The summed E-state index contributed by atoms with van der Waals surface area (Å²) in [5.41, 5.74) is 0. The van der Waals surface area contributed by atoms with Crippen molar-refractivity contribution < 1.29 is 14.7 Å². The molecule has 116 valence electrons. The fourth-order valence-electron chi connectivity index (χ4n) is 2.76. The molecule has 1 fully saturated rings. The minimum Gasteiger partial charge on any atom is -0.481 e. The fraction of sp³-hybridized carbons (Fsp3) is 0.857. The SMILES string of the molecule is CC(C)N(CCC(=O)O)C1CCN(C(=O)N(C)C)CC1. The van der Waals surface area contributed by atoms with Crippen molar-refractivity contribution in [2.45, 2.75) is 45.2 Å². The lowest BCUT2D eigenvalue weighted by atomic mass is 10.0. The summed E-state index contributed by atoms with van der Waals surface area (Å²) >= 11 is 0. The van der Waals surface area contributed by atoms with E-state index >= 15 is 0 Å². The molecule has 1 aliphatic heterocycles. The van der Waals surface area contributed by atoms with Gasteiger partial charge in [-0.05, 0) is 26.7 Å². The molecule has 6 nitrogen and oxygen atoms in total. The van der Waals surface area contributed by atoms with E-state index in [2.05, 4.69) is 18.7 Å². The molecule has 0 spiro atoms. The highest BCUT2D eigenvalue weighted by molar-refractivity contribution is 5.73. The summed E-state index contributed by atoms with van der Waals surface area (Å²) in [4.78, 5) is 28.3. The summed E-state index contributed by atoms with van der Waals surface area (Å²) in [6, 6.07) is 0.765. The molecule has 0 aromatic rings. The third-order valence-corrected chi connectivity index (χ3v) is 3.83. The van der Waals surface area contributed by atoms with Crippen LogP contribution in [0.2, 0.25) is 0 Å². The Labute approximate surface area is 121 Å². The Morgan fingerprint density at radius 1 is 1.25 bits per heavy atom. The van der Waals surface area contributed by atoms with Crippen LogP contribution in [0.3, 0.4) is 0 Å². The van der Waals surface area contributed by atoms with Gasteiger partial charge in [-0.3, -0.25) is 9.69 Å². The number of carboxylic acids is 1. The Morgan fingerprint density at radius 3 is 2.20 bits per heavy atom. The number of piperidine rings is 1. The van der Waals surface area contributed by atoms with E-state index in [1.807, 2.05) is 4.90 Å². The van der Waals surface area contributed by atoms with Gasteiger partial charge in [0.25, 0.3) is 0 Å². The number of hydrogen-bond acceptors (Lipinski definition) is 3. The van der Waals surface area contributed by atoms with E-state index in [1.165, 1.54) is 0 Å². The van der Waals surface area contributed by atoms with Gasteiger partial charge in [-0.25, -0.2) is 4.79 Å². The number of rotatable bonds is 5. The summed E-state index contributed by atoms with van der Waals surface area (Å²) in [6.07, 6.45) is 2.00. The van der Waals surface area contributed by atoms with Crippen molar-refractivity contribution in [1.82, 2.24) is 14.7 Å². The molecule has 0 aliphatic carbocycles. The highest BCUT2D eigenvalue weighted by Gasteiger charge is 2.28. The molecule has 0 radical (unpaired) electrons. The number of amides is 2. The molecular formula is C14H27N3O3. The largest absolute Gasteiger partial charge is 0.481 e. The molecule has 1 heterocycles. The van der Waals surface area contributed by atoms with Crippen LogP contribution in [0.25, 0.3) is 0 Å². The molecule has 0 bridgehead atoms. The molecule has 1 N–H and O–H groups in total. The van der Waals surface area contributed by atoms with Crippen LogP contribution >= 0.6 is 0 Å². The molecule has 1 aliphatic rings. The first-order valence-corrected chi connectivity index (χ1v) is 7.26. The van der Waals surface area contributed by atoms with Crippen LogP contribution in [0.1, 0.15) is 33.1 Å². The topological polar surface area (TPSA) is 64.1 Å². The molecular weight excluding hydrogens is 258 g/mol.